The lowest BCUT2D eigenvalue weighted by Crippen LogP contribution is -2.40. The van der Waals surface area contributed by atoms with E-state index in [1.807, 2.05) is 0 Å². The first-order chi connectivity index (χ1) is 15.3. The normalized spacial score (nSPS) is 21.8. The molecule has 174 valence electrons. The van der Waals surface area contributed by atoms with E-state index in [-0.39, 0.29) is 19.2 Å². The van der Waals surface area contributed by atoms with Gasteiger partial charge >= 0.3 is 13.5 Å². The second-order valence-corrected chi connectivity index (χ2v) is 11.0. The van der Waals surface area contributed by atoms with Gasteiger partial charge in [0.05, 0.1) is 18.5 Å². The van der Waals surface area contributed by atoms with E-state index in [9.17, 15) is 9.36 Å². The Kier molecular flexibility index (Phi) is 8.78. The minimum absolute atomic E-state index is 0.0299. The van der Waals surface area contributed by atoms with Crippen LogP contribution in [-0.4, -0.2) is 36.4 Å². The molecular weight excluding hydrogens is 449 g/mol. The van der Waals surface area contributed by atoms with E-state index < -0.39 is 13.5 Å². The van der Waals surface area contributed by atoms with Crippen LogP contribution in [0.4, 0.5) is 0 Å². The molecule has 0 saturated carbocycles. The van der Waals surface area contributed by atoms with Crippen LogP contribution in [0.1, 0.15) is 40.0 Å². The summed E-state index contributed by atoms with van der Waals surface area (Å²) in [5.74, 6) is 1.26. The quantitative estimate of drug-likeness (QED) is 0.339. The first kappa shape index (κ1) is 24.8. The van der Waals surface area contributed by atoms with Crippen molar-refractivity contribution < 1.29 is 23.4 Å². The molecule has 1 aliphatic rings. The molecule has 1 saturated heterocycles. The van der Waals surface area contributed by atoms with Crippen LogP contribution in [0.15, 0.2) is 48.5 Å². The third-order valence-corrected chi connectivity index (χ3v) is 8.14. The zero-order chi connectivity index (χ0) is 23.1. The van der Waals surface area contributed by atoms with Crippen molar-refractivity contribution in [2.45, 2.75) is 46.1 Å². The van der Waals surface area contributed by atoms with Crippen molar-refractivity contribution in [3.05, 3.63) is 53.6 Å². The van der Waals surface area contributed by atoms with Gasteiger partial charge in [0.1, 0.15) is 18.0 Å². The van der Waals surface area contributed by atoms with Crippen molar-refractivity contribution in [3.63, 3.8) is 0 Å². The first-order valence-corrected chi connectivity index (χ1v) is 13.0. The Hall–Kier alpha value is -1.85. The third kappa shape index (κ3) is 6.35. The van der Waals surface area contributed by atoms with E-state index >= 15 is 0 Å². The van der Waals surface area contributed by atoms with Gasteiger partial charge in [0.25, 0.3) is 0 Å². The maximum atomic E-state index is 14.3. The summed E-state index contributed by atoms with van der Waals surface area (Å²) in [6.45, 7) is 6.62. The maximum Gasteiger partial charge on any atom is 0.320 e. The largest absolute Gasteiger partial charge is 0.465 e. The number of esters is 1. The van der Waals surface area contributed by atoms with Crippen LogP contribution in [0.25, 0.3) is 0 Å². The van der Waals surface area contributed by atoms with Crippen LogP contribution in [0, 0.1) is 5.92 Å². The van der Waals surface area contributed by atoms with Gasteiger partial charge in [-0.15, -0.1) is 0 Å². The van der Waals surface area contributed by atoms with Crippen LogP contribution in [-0.2, 0) is 18.6 Å². The Morgan fingerprint density at radius 1 is 1.16 bits per heavy atom. The predicted octanol–water partition coefficient (Wildman–Crippen LogP) is 6.04. The Bertz CT molecular complexity index is 932. The molecule has 2 unspecified atom stereocenters. The molecular formula is C24H31ClNO5P. The fourth-order valence-electron chi connectivity index (χ4n) is 3.85. The van der Waals surface area contributed by atoms with Crippen molar-refractivity contribution >= 4 is 30.4 Å². The monoisotopic (exact) mass is 479 g/mol. The summed E-state index contributed by atoms with van der Waals surface area (Å²) < 4.78 is 33.0. The summed E-state index contributed by atoms with van der Waals surface area (Å²) in [6, 6.07) is 14.1. The van der Waals surface area contributed by atoms with Gasteiger partial charge in [0, 0.05) is 11.1 Å². The second-order valence-electron chi connectivity index (χ2n) is 8.23. The molecule has 6 nitrogen and oxygen atoms in total. The fourth-order valence-corrected chi connectivity index (χ4v) is 6.42. The molecule has 3 rings (SSSR count). The molecule has 0 aliphatic carbocycles. The zero-order valence-corrected chi connectivity index (χ0v) is 20.5. The van der Waals surface area contributed by atoms with Crippen molar-refractivity contribution in [1.82, 2.24) is 4.67 Å². The number of halogens is 1. The summed E-state index contributed by atoms with van der Waals surface area (Å²) in [6.07, 6.45) is 2.43. The number of benzene rings is 2. The van der Waals surface area contributed by atoms with Gasteiger partial charge in [0.15, 0.2) is 0 Å². The summed E-state index contributed by atoms with van der Waals surface area (Å²) in [5.41, 5.74) is 0. The van der Waals surface area contributed by atoms with Gasteiger partial charge in [0.2, 0.25) is 0 Å². The minimum Gasteiger partial charge on any atom is -0.465 e. The predicted molar refractivity (Wildman–Crippen MR) is 127 cm³/mol. The van der Waals surface area contributed by atoms with Gasteiger partial charge < -0.3 is 14.0 Å². The average Bonchev–Trinajstić information content (AvgIpc) is 2.90. The van der Waals surface area contributed by atoms with Crippen LogP contribution in [0.3, 0.4) is 0 Å². The van der Waals surface area contributed by atoms with Crippen molar-refractivity contribution in [1.29, 1.82) is 0 Å². The Balaban J connectivity index is 1.88. The number of hydrogen-bond donors (Lipinski definition) is 0. The smallest absolute Gasteiger partial charge is 0.320 e. The molecule has 32 heavy (non-hydrogen) atoms. The van der Waals surface area contributed by atoms with Crippen molar-refractivity contribution in [2.75, 3.05) is 19.8 Å². The molecule has 1 fully saturated rings. The molecule has 1 heterocycles. The highest BCUT2D eigenvalue weighted by Crippen LogP contribution is 2.54. The van der Waals surface area contributed by atoms with Gasteiger partial charge in [-0.25, -0.2) is 4.67 Å². The van der Waals surface area contributed by atoms with Gasteiger partial charge in [-0.3, -0.25) is 9.36 Å². The van der Waals surface area contributed by atoms with Crippen molar-refractivity contribution in [2.24, 2.45) is 5.92 Å². The van der Waals surface area contributed by atoms with Gasteiger partial charge in [-0.2, -0.15) is 0 Å². The molecule has 2 aromatic rings. The maximum absolute atomic E-state index is 14.3. The number of carbonyl (C=O) groups excluding carboxylic acids is 1. The molecule has 1 aliphatic heterocycles. The van der Waals surface area contributed by atoms with Crippen LogP contribution in [0.5, 0.6) is 11.5 Å². The standard InChI is InChI=1S/C24H31ClNO5P/c1-4-29-24(27)17-26-20(16-18(2)3)6-5-15-30-32(26,28)23-13-11-22(12-14-23)31-21-9-7-19(25)8-10-21/h7-14,18,20H,4-6,15-17H2,1-3H3. The van der Waals surface area contributed by atoms with Gasteiger partial charge in [-0.05, 0) is 80.6 Å². The minimum atomic E-state index is -3.46. The van der Waals surface area contributed by atoms with E-state index in [0.29, 0.717) is 34.4 Å². The lowest BCUT2D eigenvalue weighted by Gasteiger charge is -2.35. The van der Waals surface area contributed by atoms with E-state index in [4.69, 9.17) is 25.6 Å². The molecule has 0 aromatic heterocycles. The molecule has 0 amide bonds. The zero-order valence-electron chi connectivity index (χ0n) is 18.8. The third-order valence-electron chi connectivity index (χ3n) is 5.26. The van der Waals surface area contributed by atoms with Crippen molar-refractivity contribution in [3.8, 4) is 11.5 Å². The summed E-state index contributed by atoms with van der Waals surface area (Å²) in [7, 11) is -3.46. The van der Waals surface area contributed by atoms with E-state index in [0.717, 1.165) is 19.3 Å². The lowest BCUT2D eigenvalue weighted by molar-refractivity contribution is -0.143. The average molecular weight is 480 g/mol. The first-order valence-electron chi connectivity index (χ1n) is 11.0. The highest BCUT2D eigenvalue weighted by Gasteiger charge is 2.42. The summed E-state index contributed by atoms with van der Waals surface area (Å²) in [4.78, 5) is 12.4. The van der Waals surface area contributed by atoms with E-state index in [1.54, 1.807) is 60.1 Å². The SMILES string of the molecule is CCOC(=O)CN1C(CC(C)C)CCCOP1(=O)c1ccc(Oc2ccc(Cl)cc2)cc1. The van der Waals surface area contributed by atoms with Crippen LogP contribution < -0.4 is 10.0 Å². The second kappa shape index (κ2) is 11.3. The summed E-state index contributed by atoms with van der Waals surface area (Å²) in [5, 5.41) is 1.18. The molecule has 0 bridgehead atoms. The highest BCUT2D eigenvalue weighted by molar-refractivity contribution is 7.64. The molecule has 0 N–H and O–H groups in total. The molecule has 8 heteroatoms. The van der Waals surface area contributed by atoms with E-state index in [1.165, 1.54) is 0 Å². The molecule has 0 spiro atoms. The Morgan fingerprint density at radius 2 is 1.78 bits per heavy atom. The Labute approximate surface area is 195 Å². The topological polar surface area (TPSA) is 65.1 Å². The Morgan fingerprint density at radius 3 is 2.38 bits per heavy atom. The van der Waals surface area contributed by atoms with Crippen LogP contribution >= 0.6 is 19.1 Å². The molecule has 0 radical (unpaired) electrons. The molecule has 2 atom stereocenters. The van der Waals surface area contributed by atoms with Crippen LogP contribution in [0.2, 0.25) is 5.02 Å². The number of ether oxygens (including phenoxy) is 2. The lowest BCUT2D eigenvalue weighted by atomic mass is 10.00. The number of nitrogens with zero attached hydrogens (tertiary/aromatic N) is 1. The summed E-state index contributed by atoms with van der Waals surface area (Å²) >= 11 is 5.92. The number of rotatable bonds is 8. The van der Waals surface area contributed by atoms with E-state index in [2.05, 4.69) is 13.8 Å². The molecule has 2 aromatic carbocycles. The number of hydrogen-bond acceptors (Lipinski definition) is 5. The highest BCUT2D eigenvalue weighted by atomic mass is 35.5. The number of carbonyl (C=O) groups is 1. The van der Waals surface area contributed by atoms with Gasteiger partial charge in [-0.1, -0.05) is 25.4 Å². The fraction of sp³-hybridized carbons (Fsp3) is 0.458.